The van der Waals surface area contributed by atoms with Gasteiger partial charge in [0.1, 0.15) is 16.6 Å². The first-order valence-corrected chi connectivity index (χ1v) is 11.3. The average molecular weight is 441 g/mol. The van der Waals surface area contributed by atoms with Crippen molar-refractivity contribution in [1.29, 1.82) is 0 Å². The highest BCUT2D eigenvalue weighted by atomic mass is 32.2. The summed E-state index contributed by atoms with van der Waals surface area (Å²) in [6.45, 7) is 0. The quantitative estimate of drug-likeness (QED) is 0.477. The Balaban J connectivity index is 1.84. The molecule has 5 nitrogen and oxygen atoms in total. The van der Waals surface area contributed by atoms with Crippen molar-refractivity contribution in [3.05, 3.63) is 78.6 Å². The average Bonchev–Trinajstić information content (AvgIpc) is 3.19. The van der Waals surface area contributed by atoms with E-state index in [0.717, 1.165) is 32.3 Å². The van der Waals surface area contributed by atoms with Gasteiger partial charge in [0.15, 0.2) is 0 Å². The molecule has 8 heteroatoms. The normalized spacial score (nSPS) is 11.4. The third kappa shape index (κ3) is 4.11. The number of nitrogens with two attached hydrogens (primary N) is 1. The molecule has 0 atom stereocenters. The van der Waals surface area contributed by atoms with Crippen LogP contribution in [0.1, 0.15) is 0 Å². The summed E-state index contributed by atoms with van der Waals surface area (Å²) >= 11 is 1.47. The van der Waals surface area contributed by atoms with Crippen LogP contribution in [-0.4, -0.2) is 20.5 Å². The molecule has 2 N–H and O–H groups in total. The number of benzene rings is 3. The molecule has 0 radical (unpaired) electrons. The molecule has 0 fully saturated rings. The molecule has 0 amide bonds. The molecule has 0 bridgehead atoms. The van der Waals surface area contributed by atoms with Crippen LogP contribution < -0.4 is 9.88 Å². The summed E-state index contributed by atoms with van der Waals surface area (Å²) in [4.78, 5) is 5.67. The molecule has 30 heavy (non-hydrogen) atoms. The molecule has 4 rings (SSSR count). The van der Waals surface area contributed by atoms with E-state index in [-0.39, 0.29) is 10.7 Å². The molecule has 0 unspecified atom stereocenters. The second-order valence-corrected chi connectivity index (χ2v) is 9.06. The molecule has 0 saturated heterocycles. The third-order valence-electron chi connectivity index (χ3n) is 4.53. The van der Waals surface area contributed by atoms with Gasteiger partial charge < -0.3 is 4.74 Å². The van der Waals surface area contributed by atoms with Crippen molar-refractivity contribution in [3.63, 3.8) is 0 Å². The van der Waals surface area contributed by atoms with Gasteiger partial charge in [0.2, 0.25) is 10.0 Å². The van der Waals surface area contributed by atoms with Crippen molar-refractivity contribution >= 4 is 21.4 Å². The summed E-state index contributed by atoms with van der Waals surface area (Å²) in [5.74, 6) is 0.413. The summed E-state index contributed by atoms with van der Waals surface area (Å²) < 4.78 is 41.8. The minimum atomic E-state index is -3.78. The van der Waals surface area contributed by atoms with E-state index in [1.54, 1.807) is 31.4 Å². The Morgan fingerprint density at radius 3 is 2.00 bits per heavy atom. The predicted octanol–water partition coefficient (Wildman–Crippen LogP) is 4.94. The second-order valence-electron chi connectivity index (χ2n) is 6.50. The fraction of sp³-hybridized carbons (Fsp3) is 0.0455. The van der Waals surface area contributed by atoms with Crippen molar-refractivity contribution in [1.82, 2.24) is 4.98 Å². The summed E-state index contributed by atoms with van der Waals surface area (Å²) in [7, 11) is -2.17. The van der Waals surface area contributed by atoms with E-state index in [1.807, 2.05) is 24.3 Å². The zero-order valence-electron chi connectivity index (χ0n) is 15.9. The van der Waals surface area contributed by atoms with Crippen molar-refractivity contribution in [2.24, 2.45) is 5.14 Å². The number of rotatable bonds is 5. The van der Waals surface area contributed by atoms with Gasteiger partial charge in [0.25, 0.3) is 0 Å². The third-order valence-corrected chi connectivity index (χ3v) is 6.61. The van der Waals surface area contributed by atoms with E-state index in [2.05, 4.69) is 0 Å². The maximum Gasteiger partial charge on any atom is 0.238 e. The van der Waals surface area contributed by atoms with E-state index in [4.69, 9.17) is 14.9 Å². The predicted molar refractivity (Wildman–Crippen MR) is 116 cm³/mol. The fourth-order valence-corrected chi connectivity index (χ4v) is 4.59. The van der Waals surface area contributed by atoms with Crippen LogP contribution in [0.25, 0.3) is 32.3 Å². The van der Waals surface area contributed by atoms with E-state index in [9.17, 15) is 12.8 Å². The standard InChI is InChI=1S/C22H17FN2O3S2/c1-28-18-10-4-16(5-11-18)22-25-20(14-2-8-17(23)9-3-14)21(29-22)15-6-12-19(13-7-15)30(24,26)27/h2-13H,1H3,(H2,24,26,27). The molecule has 4 aromatic rings. The SMILES string of the molecule is COc1ccc(-c2nc(-c3ccc(F)cc3)c(-c3ccc(S(N)(=O)=O)cc3)s2)cc1. The molecular weight excluding hydrogens is 423 g/mol. The number of halogens is 1. The number of nitrogens with zero attached hydrogens (tertiary/aromatic N) is 1. The highest BCUT2D eigenvalue weighted by Crippen LogP contribution is 2.41. The van der Waals surface area contributed by atoms with E-state index >= 15 is 0 Å². The molecule has 0 saturated carbocycles. The van der Waals surface area contributed by atoms with Crippen LogP contribution in [0.4, 0.5) is 4.39 Å². The topological polar surface area (TPSA) is 82.3 Å². The lowest BCUT2D eigenvalue weighted by atomic mass is 10.1. The minimum Gasteiger partial charge on any atom is -0.497 e. The van der Waals surface area contributed by atoms with Gasteiger partial charge in [-0.2, -0.15) is 0 Å². The number of thiazole rings is 1. The molecule has 0 aliphatic heterocycles. The van der Waals surface area contributed by atoms with Crippen molar-refractivity contribution in [3.8, 4) is 38.0 Å². The van der Waals surface area contributed by atoms with Crippen LogP contribution in [0, 0.1) is 5.82 Å². The molecule has 1 heterocycles. The summed E-state index contributed by atoms with van der Waals surface area (Å²) in [5, 5.41) is 5.98. The van der Waals surface area contributed by atoms with Crippen LogP contribution in [0.15, 0.2) is 77.7 Å². The van der Waals surface area contributed by atoms with Gasteiger partial charge >= 0.3 is 0 Å². The monoisotopic (exact) mass is 440 g/mol. The molecule has 0 aliphatic rings. The van der Waals surface area contributed by atoms with Gasteiger partial charge in [-0.15, -0.1) is 11.3 Å². The number of primary sulfonamides is 1. The zero-order valence-corrected chi connectivity index (χ0v) is 17.5. The van der Waals surface area contributed by atoms with Gasteiger partial charge in [-0.3, -0.25) is 0 Å². The fourth-order valence-electron chi connectivity index (χ4n) is 2.97. The maximum absolute atomic E-state index is 13.4. The summed E-state index contributed by atoms with van der Waals surface area (Å²) in [5.41, 5.74) is 3.16. The number of hydrogen-bond donors (Lipinski definition) is 1. The number of hydrogen-bond acceptors (Lipinski definition) is 5. The Kier molecular flexibility index (Phi) is 5.38. The lowest BCUT2D eigenvalue weighted by molar-refractivity contribution is 0.415. The van der Waals surface area contributed by atoms with Gasteiger partial charge in [-0.05, 0) is 66.2 Å². The van der Waals surface area contributed by atoms with Crippen molar-refractivity contribution in [2.75, 3.05) is 7.11 Å². The van der Waals surface area contributed by atoms with E-state index in [1.165, 1.54) is 35.6 Å². The first kappa shape index (κ1) is 20.2. The largest absolute Gasteiger partial charge is 0.497 e. The Bertz CT molecular complexity index is 1280. The van der Waals surface area contributed by atoms with Crippen LogP contribution >= 0.6 is 11.3 Å². The highest BCUT2D eigenvalue weighted by molar-refractivity contribution is 7.89. The second kappa shape index (κ2) is 7.98. The molecule has 0 spiro atoms. The Morgan fingerprint density at radius 1 is 0.867 bits per heavy atom. The molecule has 1 aromatic heterocycles. The summed E-state index contributed by atoms with van der Waals surface area (Å²) in [6, 6.07) is 20.0. The number of methoxy groups -OCH3 is 1. The smallest absolute Gasteiger partial charge is 0.238 e. The van der Waals surface area contributed by atoms with Crippen LogP contribution in [0.3, 0.4) is 0 Å². The Morgan fingerprint density at radius 2 is 1.43 bits per heavy atom. The Labute approximate surface area is 177 Å². The van der Waals surface area contributed by atoms with Crippen molar-refractivity contribution in [2.45, 2.75) is 4.90 Å². The van der Waals surface area contributed by atoms with Gasteiger partial charge in [0, 0.05) is 11.1 Å². The first-order valence-electron chi connectivity index (χ1n) is 8.89. The molecule has 152 valence electrons. The minimum absolute atomic E-state index is 0.0366. The molecular formula is C22H17FN2O3S2. The van der Waals surface area contributed by atoms with Crippen molar-refractivity contribution < 1.29 is 17.5 Å². The lowest BCUT2D eigenvalue weighted by Gasteiger charge is -2.04. The van der Waals surface area contributed by atoms with Gasteiger partial charge in [0.05, 0.1) is 22.6 Å². The molecule has 3 aromatic carbocycles. The van der Waals surface area contributed by atoms with Crippen LogP contribution in [0.5, 0.6) is 5.75 Å². The van der Waals surface area contributed by atoms with Gasteiger partial charge in [-0.1, -0.05) is 12.1 Å². The lowest BCUT2D eigenvalue weighted by Crippen LogP contribution is -2.11. The zero-order chi connectivity index (χ0) is 21.3. The first-order chi connectivity index (χ1) is 14.3. The number of aromatic nitrogens is 1. The maximum atomic E-state index is 13.4. The van der Waals surface area contributed by atoms with Gasteiger partial charge in [-0.25, -0.2) is 22.9 Å². The number of sulfonamides is 1. The highest BCUT2D eigenvalue weighted by Gasteiger charge is 2.17. The van der Waals surface area contributed by atoms with Crippen LogP contribution in [0.2, 0.25) is 0 Å². The molecule has 0 aliphatic carbocycles. The van der Waals surface area contributed by atoms with Crippen LogP contribution in [-0.2, 0) is 10.0 Å². The summed E-state index contributed by atoms with van der Waals surface area (Å²) in [6.07, 6.45) is 0. The van der Waals surface area contributed by atoms with E-state index in [0.29, 0.717) is 5.69 Å². The Hall–Kier alpha value is -3.07. The van der Waals surface area contributed by atoms with E-state index < -0.39 is 10.0 Å². The number of ether oxygens (including phenoxy) is 1.